The largest absolute Gasteiger partial charge is 0.378 e. The number of benzene rings is 2. The summed E-state index contributed by atoms with van der Waals surface area (Å²) in [7, 11) is 0. The van der Waals surface area contributed by atoms with Gasteiger partial charge in [-0.15, -0.1) is 0 Å². The van der Waals surface area contributed by atoms with Crippen LogP contribution in [0.1, 0.15) is 43.9 Å². The molecule has 35 heavy (non-hydrogen) atoms. The normalized spacial score (nSPS) is 27.4. The molecule has 6 nitrogen and oxygen atoms in total. The summed E-state index contributed by atoms with van der Waals surface area (Å²) in [6.45, 7) is 9.03. The maximum atomic E-state index is 14.0. The minimum atomic E-state index is -0.461. The summed E-state index contributed by atoms with van der Waals surface area (Å²) < 4.78 is 5.44. The molecule has 1 atom stereocenters. The Morgan fingerprint density at radius 1 is 1.03 bits per heavy atom. The van der Waals surface area contributed by atoms with Crippen molar-refractivity contribution in [1.29, 1.82) is 0 Å². The van der Waals surface area contributed by atoms with Crippen LogP contribution < -0.4 is 4.90 Å². The number of ether oxygens (including phenoxy) is 1. The zero-order valence-electron chi connectivity index (χ0n) is 19.9. The summed E-state index contributed by atoms with van der Waals surface area (Å²) in [4.78, 5) is 35.8. The Balaban J connectivity index is 1.50. The average molecular weight is 508 g/mol. The first-order valence-electron chi connectivity index (χ1n) is 11.8. The molecule has 2 aromatic rings. The first-order chi connectivity index (χ1) is 16.7. The number of anilines is 1. The topological polar surface area (TPSA) is 62.2 Å². The van der Waals surface area contributed by atoms with Crippen molar-refractivity contribution in [3.8, 4) is 0 Å². The van der Waals surface area contributed by atoms with Crippen LogP contribution in [0.15, 0.2) is 52.4 Å². The predicted molar refractivity (Wildman–Crippen MR) is 140 cm³/mol. The second kappa shape index (κ2) is 7.95. The molecule has 4 heterocycles. The third-order valence-corrected chi connectivity index (χ3v) is 8.87. The summed E-state index contributed by atoms with van der Waals surface area (Å²) in [6, 6.07) is 14.0. The number of amidine groups is 1. The third kappa shape index (κ3) is 3.39. The van der Waals surface area contributed by atoms with Crippen LogP contribution in [0.2, 0.25) is 5.02 Å². The van der Waals surface area contributed by atoms with Gasteiger partial charge in [-0.2, -0.15) is 4.99 Å². The van der Waals surface area contributed by atoms with Crippen LogP contribution in [0.5, 0.6) is 0 Å². The maximum Gasteiger partial charge on any atom is 0.287 e. The molecule has 0 N–H and O–H groups in total. The molecule has 8 heteroatoms. The van der Waals surface area contributed by atoms with Crippen LogP contribution in [-0.4, -0.2) is 53.7 Å². The van der Waals surface area contributed by atoms with E-state index in [1.807, 2.05) is 29.2 Å². The standard InChI is InChI=1S/C27H26ClN3O3S/c1-26(2)15-27(3,16-7-9-17(28)10-8-16)19-6-4-5-18-20(24(33)31(26)21(18)19)22-23(32)29-25(35-22)30-11-13-34-14-12-30/h4-10H,11-15H2,1-3H3/b22-20-. The lowest BCUT2D eigenvalue weighted by molar-refractivity contribution is -0.115. The first-order valence-corrected chi connectivity index (χ1v) is 13.0. The molecule has 6 rings (SSSR count). The summed E-state index contributed by atoms with van der Waals surface area (Å²) in [5.74, 6) is -0.458. The molecule has 180 valence electrons. The minimum Gasteiger partial charge on any atom is -0.378 e. The van der Waals surface area contributed by atoms with Gasteiger partial charge >= 0.3 is 0 Å². The molecule has 2 amide bonds. The lowest BCUT2D eigenvalue weighted by Gasteiger charge is -2.49. The number of carbonyl (C=O) groups is 2. The van der Waals surface area contributed by atoms with Gasteiger partial charge in [0.25, 0.3) is 11.8 Å². The van der Waals surface area contributed by atoms with Gasteiger partial charge in [-0.1, -0.05) is 48.9 Å². The van der Waals surface area contributed by atoms with Crippen LogP contribution in [0, 0.1) is 0 Å². The van der Waals surface area contributed by atoms with Gasteiger partial charge in [-0.3, -0.25) is 9.59 Å². The van der Waals surface area contributed by atoms with E-state index >= 15 is 0 Å². The summed E-state index contributed by atoms with van der Waals surface area (Å²) in [5.41, 5.74) is 3.65. The van der Waals surface area contributed by atoms with Crippen molar-refractivity contribution in [2.75, 3.05) is 31.2 Å². The van der Waals surface area contributed by atoms with Crippen molar-refractivity contribution in [3.05, 3.63) is 69.1 Å². The molecule has 2 aromatic carbocycles. The maximum absolute atomic E-state index is 14.0. The molecule has 0 aromatic heterocycles. The molecule has 1 fully saturated rings. The second-order valence-electron chi connectivity index (χ2n) is 10.3. The van der Waals surface area contributed by atoms with Gasteiger partial charge in [0.1, 0.15) is 0 Å². The molecule has 0 saturated carbocycles. The molecule has 0 bridgehead atoms. The number of halogens is 1. The molecule has 1 saturated heterocycles. The highest BCUT2D eigenvalue weighted by molar-refractivity contribution is 8.18. The smallest absolute Gasteiger partial charge is 0.287 e. The van der Waals surface area contributed by atoms with Crippen molar-refractivity contribution < 1.29 is 14.3 Å². The minimum absolute atomic E-state index is 0.120. The van der Waals surface area contributed by atoms with Gasteiger partial charge in [0.15, 0.2) is 5.17 Å². The Morgan fingerprint density at radius 3 is 2.46 bits per heavy atom. The van der Waals surface area contributed by atoms with Crippen molar-refractivity contribution in [2.45, 2.75) is 38.1 Å². The van der Waals surface area contributed by atoms with E-state index in [-0.39, 0.29) is 17.2 Å². The number of amides is 2. The highest BCUT2D eigenvalue weighted by atomic mass is 35.5. The van der Waals surface area contributed by atoms with Gasteiger partial charge in [0.2, 0.25) is 0 Å². The number of rotatable bonds is 1. The Kier molecular flexibility index (Phi) is 5.18. The van der Waals surface area contributed by atoms with Gasteiger partial charge < -0.3 is 14.5 Å². The SMILES string of the molecule is CC1(c2ccc(Cl)cc2)CC(C)(C)N2C(=O)/C(=C3\SC(N4CCOCC4)=NC3=O)c3cccc1c32. The van der Waals surface area contributed by atoms with E-state index in [1.165, 1.54) is 11.8 Å². The van der Waals surface area contributed by atoms with Gasteiger partial charge in [0.05, 0.1) is 29.4 Å². The molecule has 0 aliphatic carbocycles. The molecule has 0 spiro atoms. The van der Waals surface area contributed by atoms with Crippen LogP contribution in [0.25, 0.3) is 5.57 Å². The van der Waals surface area contributed by atoms with E-state index in [9.17, 15) is 9.59 Å². The van der Waals surface area contributed by atoms with E-state index in [1.54, 1.807) is 0 Å². The Labute approximate surface area is 214 Å². The van der Waals surface area contributed by atoms with Crippen LogP contribution in [0.3, 0.4) is 0 Å². The van der Waals surface area contributed by atoms with E-state index in [4.69, 9.17) is 16.3 Å². The fourth-order valence-corrected chi connectivity index (χ4v) is 7.20. The van der Waals surface area contributed by atoms with E-state index in [0.717, 1.165) is 28.8 Å². The van der Waals surface area contributed by atoms with E-state index in [0.29, 0.717) is 47.0 Å². The number of carbonyl (C=O) groups excluding carboxylic acids is 2. The number of para-hydroxylation sites is 1. The molecule has 0 radical (unpaired) electrons. The molecule has 4 aliphatic rings. The zero-order chi connectivity index (χ0) is 24.5. The molecule has 4 aliphatic heterocycles. The summed E-state index contributed by atoms with van der Waals surface area (Å²) in [5, 5.41) is 1.35. The zero-order valence-corrected chi connectivity index (χ0v) is 21.5. The number of morpholine rings is 1. The van der Waals surface area contributed by atoms with Crippen molar-refractivity contribution in [3.63, 3.8) is 0 Å². The second-order valence-corrected chi connectivity index (χ2v) is 11.7. The van der Waals surface area contributed by atoms with E-state index < -0.39 is 5.54 Å². The quantitative estimate of drug-likeness (QED) is 0.516. The monoisotopic (exact) mass is 507 g/mol. The van der Waals surface area contributed by atoms with Gasteiger partial charge in [-0.25, -0.2) is 0 Å². The fraction of sp³-hybridized carbons (Fsp3) is 0.370. The Hall–Kier alpha value is -2.61. The first kappa shape index (κ1) is 22.8. The van der Waals surface area contributed by atoms with Crippen LogP contribution >= 0.6 is 23.4 Å². The molecular weight excluding hydrogens is 482 g/mol. The van der Waals surface area contributed by atoms with Crippen molar-refractivity contribution >= 4 is 51.6 Å². The van der Waals surface area contributed by atoms with Gasteiger partial charge in [0, 0.05) is 34.6 Å². The van der Waals surface area contributed by atoms with E-state index in [2.05, 4.69) is 48.9 Å². The predicted octanol–water partition coefficient (Wildman–Crippen LogP) is 4.85. The lowest BCUT2D eigenvalue weighted by Crippen LogP contribution is -2.54. The Morgan fingerprint density at radius 2 is 1.74 bits per heavy atom. The Bertz CT molecular complexity index is 1330. The lowest BCUT2D eigenvalue weighted by atomic mass is 9.65. The number of aliphatic imine (C=N–C) groups is 1. The molecular formula is C27H26ClN3O3S. The average Bonchev–Trinajstić information content (AvgIpc) is 3.35. The number of thioether (sulfide) groups is 1. The molecule has 1 unspecified atom stereocenters. The van der Waals surface area contributed by atoms with Gasteiger partial charge in [-0.05, 0) is 55.3 Å². The van der Waals surface area contributed by atoms with Crippen molar-refractivity contribution in [2.24, 2.45) is 4.99 Å². The number of nitrogens with zero attached hydrogens (tertiary/aromatic N) is 3. The third-order valence-electron chi connectivity index (χ3n) is 7.51. The van der Waals surface area contributed by atoms with Crippen molar-refractivity contribution in [1.82, 2.24) is 4.90 Å². The summed E-state index contributed by atoms with van der Waals surface area (Å²) >= 11 is 7.50. The highest BCUT2D eigenvalue weighted by Crippen LogP contribution is 2.57. The fourth-order valence-electron chi connectivity index (χ4n) is 6.02. The van der Waals surface area contributed by atoms with Crippen LogP contribution in [0.4, 0.5) is 5.69 Å². The number of hydrogen-bond acceptors (Lipinski definition) is 5. The highest BCUT2D eigenvalue weighted by Gasteiger charge is 2.53. The van der Waals surface area contributed by atoms with Crippen LogP contribution in [-0.2, 0) is 19.7 Å². The summed E-state index contributed by atoms with van der Waals surface area (Å²) in [6.07, 6.45) is 0.739. The number of hydrogen-bond donors (Lipinski definition) is 0.